The highest BCUT2D eigenvalue weighted by Gasteiger charge is 2.05. The largest absolute Gasteiger partial charge is 0.497 e. The van der Waals surface area contributed by atoms with Crippen LogP contribution in [0.4, 0.5) is 15.6 Å². The van der Waals surface area contributed by atoms with Crippen LogP contribution in [0.15, 0.2) is 30.6 Å². The Balaban J connectivity index is 1.98. The third kappa shape index (κ3) is 3.15. The first-order valence-corrected chi connectivity index (χ1v) is 5.54. The van der Waals surface area contributed by atoms with E-state index in [0.29, 0.717) is 16.6 Å². The van der Waals surface area contributed by atoms with Crippen LogP contribution in [0, 0.1) is 0 Å². The van der Waals surface area contributed by atoms with Gasteiger partial charge in [0.2, 0.25) is 5.13 Å². The van der Waals surface area contributed by atoms with Gasteiger partial charge in [-0.1, -0.05) is 6.07 Å². The van der Waals surface area contributed by atoms with E-state index >= 15 is 0 Å². The smallest absolute Gasteiger partial charge is 0.325 e. The summed E-state index contributed by atoms with van der Waals surface area (Å²) in [5.41, 5.74) is 0.645. The summed E-state index contributed by atoms with van der Waals surface area (Å²) < 4.78 is 8.83. The lowest BCUT2D eigenvalue weighted by atomic mass is 10.3. The number of benzene rings is 1. The van der Waals surface area contributed by atoms with Gasteiger partial charge in [0.05, 0.1) is 7.11 Å². The summed E-state index contributed by atoms with van der Waals surface area (Å²) in [7, 11) is 1.57. The molecule has 0 saturated heterocycles. The van der Waals surface area contributed by atoms with Crippen LogP contribution in [0.5, 0.6) is 5.75 Å². The molecular formula is C10H10N4O2S. The van der Waals surface area contributed by atoms with Crippen molar-refractivity contribution in [3.63, 3.8) is 0 Å². The van der Waals surface area contributed by atoms with Crippen LogP contribution < -0.4 is 15.4 Å². The van der Waals surface area contributed by atoms with E-state index in [1.54, 1.807) is 31.4 Å². The van der Waals surface area contributed by atoms with E-state index < -0.39 is 0 Å². The number of anilines is 2. The minimum atomic E-state index is -0.366. The van der Waals surface area contributed by atoms with Crippen LogP contribution in [-0.2, 0) is 0 Å². The molecule has 0 unspecified atom stereocenters. The fourth-order valence-electron chi connectivity index (χ4n) is 1.19. The SMILES string of the molecule is COc1cccc(NC(=O)Nc2ncns2)c1. The molecule has 0 aliphatic carbocycles. The zero-order chi connectivity index (χ0) is 12.1. The van der Waals surface area contributed by atoms with Crippen molar-refractivity contribution < 1.29 is 9.53 Å². The average molecular weight is 250 g/mol. The van der Waals surface area contributed by atoms with Gasteiger partial charge in [0.25, 0.3) is 0 Å². The second-order valence-corrected chi connectivity index (χ2v) is 3.84. The van der Waals surface area contributed by atoms with Gasteiger partial charge < -0.3 is 10.1 Å². The maximum absolute atomic E-state index is 11.6. The topological polar surface area (TPSA) is 76.1 Å². The number of nitrogens with zero attached hydrogens (tertiary/aromatic N) is 2. The van der Waals surface area contributed by atoms with E-state index in [1.807, 2.05) is 0 Å². The summed E-state index contributed by atoms with van der Waals surface area (Å²) in [6.07, 6.45) is 1.38. The fraction of sp³-hybridized carbons (Fsp3) is 0.100. The summed E-state index contributed by atoms with van der Waals surface area (Å²) in [5, 5.41) is 5.68. The second-order valence-electron chi connectivity index (χ2n) is 3.06. The van der Waals surface area contributed by atoms with Gasteiger partial charge in [0, 0.05) is 23.3 Å². The van der Waals surface area contributed by atoms with E-state index in [1.165, 1.54) is 6.33 Å². The van der Waals surface area contributed by atoms with Gasteiger partial charge in [0.15, 0.2) is 0 Å². The van der Waals surface area contributed by atoms with Crippen LogP contribution in [0.3, 0.4) is 0 Å². The molecule has 6 nitrogen and oxygen atoms in total. The summed E-state index contributed by atoms with van der Waals surface area (Å²) in [6, 6.07) is 6.71. The molecule has 1 heterocycles. The number of aromatic nitrogens is 2. The number of methoxy groups -OCH3 is 1. The number of ether oxygens (including phenoxy) is 1. The number of nitrogens with one attached hydrogen (secondary N) is 2. The highest BCUT2D eigenvalue weighted by Crippen LogP contribution is 2.17. The molecule has 1 aromatic carbocycles. The van der Waals surface area contributed by atoms with Gasteiger partial charge in [-0.3, -0.25) is 5.32 Å². The van der Waals surface area contributed by atoms with Crippen molar-refractivity contribution in [1.29, 1.82) is 0 Å². The van der Waals surface area contributed by atoms with Gasteiger partial charge in [0.1, 0.15) is 12.1 Å². The molecule has 0 fully saturated rings. The molecule has 7 heteroatoms. The molecule has 2 N–H and O–H groups in total. The van der Waals surface area contributed by atoms with Crippen molar-refractivity contribution in [2.75, 3.05) is 17.7 Å². The molecule has 2 rings (SSSR count). The van der Waals surface area contributed by atoms with Crippen molar-refractivity contribution in [2.24, 2.45) is 0 Å². The molecule has 0 radical (unpaired) electrons. The Bertz CT molecular complexity index is 501. The third-order valence-electron chi connectivity index (χ3n) is 1.91. The number of urea groups is 1. The molecule has 88 valence electrons. The van der Waals surface area contributed by atoms with E-state index in [2.05, 4.69) is 20.0 Å². The van der Waals surface area contributed by atoms with E-state index in [0.717, 1.165) is 11.5 Å². The number of hydrogen-bond donors (Lipinski definition) is 2. The highest BCUT2D eigenvalue weighted by molar-refractivity contribution is 7.09. The van der Waals surface area contributed by atoms with E-state index in [-0.39, 0.29) is 6.03 Å². The number of amides is 2. The molecule has 0 aliphatic heterocycles. The molecule has 17 heavy (non-hydrogen) atoms. The van der Waals surface area contributed by atoms with Gasteiger partial charge >= 0.3 is 6.03 Å². The molecule has 0 aliphatic rings. The zero-order valence-electron chi connectivity index (χ0n) is 9.01. The van der Waals surface area contributed by atoms with Crippen LogP contribution in [0.2, 0.25) is 0 Å². The predicted octanol–water partition coefficient (Wildman–Crippen LogP) is 2.19. The monoisotopic (exact) mass is 250 g/mol. The summed E-state index contributed by atoms with van der Waals surface area (Å²) in [5.74, 6) is 0.679. The number of carbonyl (C=O) groups is 1. The highest BCUT2D eigenvalue weighted by atomic mass is 32.1. The van der Waals surface area contributed by atoms with Gasteiger partial charge in [-0.15, -0.1) is 0 Å². The summed E-state index contributed by atoms with van der Waals surface area (Å²) in [6.45, 7) is 0. The Morgan fingerprint density at radius 1 is 1.41 bits per heavy atom. The van der Waals surface area contributed by atoms with Crippen LogP contribution in [0.25, 0.3) is 0 Å². The quantitative estimate of drug-likeness (QED) is 0.875. The Hall–Kier alpha value is -2.15. The van der Waals surface area contributed by atoms with E-state index in [4.69, 9.17) is 4.74 Å². The Morgan fingerprint density at radius 3 is 3.00 bits per heavy atom. The zero-order valence-corrected chi connectivity index (χ0v) is 9.82. The fourth-order valence-corrected chi connectivity index (χ4v) is 1.62. The number of hydrogen-bond acceptors (Lipinski definition) is 5. The molecule has 0 bridgehead atoms. The summed E-state index contributed by atoms with van der Waals surface area (Å²) in [4.78, 5) is 15.4. The molecule has 2 amide bonds. The Morgan fingerprint density at radius 2 is 2.29 bits per heavy atom. The van der Waals surface area contributed by atoms with Crippen molar-refractivity contribution in [2.45, 2.75) is 0 Å². The minimum Gasteiger partial charge on any atom is -0.497 e. The maximum atomic E-state index is 11.6. The Kier molecular flexibility index (Phi) is 3.51. The van der Waals surface area contributed by atoms with Gasteiger partial charge in [-0.05, 0) is 12.1 Å². The first-order valence-electron chi connectivity index (χ1n) is 4.76. The summed E-state index contributed by atoms with van der Waals surface area (Å²) >= 11 is 1.11. The van der Waals surface area contributed by atoms with Crippen LogP contribution in [-0.4, -0.2) is 22.5 Å². The van der Waals surface area contributed by atoms with Crippen molar-refractivity contribution in [3.05, 3.63) is 30.6 Å². The lowest BCUT2D eigenvalue weighted by Crippen LogP contribution is -2.19. The lowest BCUT2D eigenvalue weighted by molar-refractivity contribution is 0.262. The van der Waals surface area contributed by atoms with Gasteiger partial charge in [-0.2, -0.15) is 4.37 Å². The third-order valence-corrected chi connectivity index (χ3v) is 2.49. The molecule has 2 aromatic rings. The first-order chi connectivity index (χ1) is 8.28. The number of carbonyl (C=O) groups excluding carboxylic acids is 1. The normalized spacial score (nSPS) is 9.71. The number of rotatable bonds is 3. The predicted molar refractivity (Wildman–Crippen MR) is 65.5 cm³/mol. The molecule has 0 spiro atoms. The molecule has 0 saturated carbocycles. The van der Waals surface area contributed by atoms with Gasteiger partial charge in [-0.25, -0.2) is 9.78 Å². The minimum absolute atomic E-state index is 0.366. The first kappa shape index (κ1) is 11.3. The lowest BCUT2D eigenvalue weighted by Gasteiger charge is -2.06. The average Bonchev–Trinajstić information content (AvgIpc) is 2.82. The molecule has 0 atom stereocenters. The van der Waals surface area contributed by atoms with Crippen molar-refractivity contribution in [1.82, 2.24) is 9.36 Å². The molecule has 1 aromatic heterocycles. The van der Waals surface area contributed by atoms with Crippen molar-refractivity contribution >= 4 is 28.4 Å². The van der Waals surface area contributed by atoms with E-state index in [9.17, 15) is 4.79 Å². The van der Waals surface area contributed by atoms with Crippen LogP contribution in [0.1, 0.15) is 0 Å². The van der Waals surface area contributed by atoms with Crippen molar-refractivity contribution in [3.8, 4) is 5.75 Å². The Labute approximate surface area is 102 Å². The molecular weight excluding hydrogens is 240 g/mol. The maximum Gasteiger partial charge on any atom is 0.325 e. The standard InChI is InChI=1S/C10H10N4O2S/c1-16-8-4-2-3-7(5-8)13-9(15)14-10-11-6-12-17-10/h2-6H,1H3,(H2,11,12,13,14,15). The van der Waals surface area contributed by atoms with Crippen LogP contribution >= 0.6 is 11.5 Å². The second kappa shape index (κ2) is 5.26.